The minimum absolute atomic E-state index is 0.143. The fraction of sp³-hybridized carbons (Fsp3) is 0.0800. The molecule has 0 aliphatic carbocycles. The van der Waals surface area contributed by atoms with E-state index in [9.17, 15) is 14.4 Å². The molecule has 1 aliphatic heterocycles. The second-order valence-electron chi connectivity index (χ2n) is 7.11. The van der Waals surface area contributed by atoms with Crippen molar-refractivity contribution in [1.29, 1.82) is 0 Å². The molecule has 4 amide bonds. The van der Waals surface area contributed by atoms with Crippen molar-refractivity contribution in [2.75, 3.05) is 4.90 Å². The number of carbonyl (C=O) groups is 3. The molecule has 0 unspecified atom stereocenters. The highest BCUT2D eigenvalue weighted by atomic mass is 16.5. The van der Waals surface area contributed by atoms with Crippen LogP contribution >= 0.6 is 0 Å². The molecule has 31 heavy (non-hydrogen) atoms. The van der Waals surface area contributed by atoms with Gasteiger partial charge in [-0.05, 0) is 36.8 Å². The first kappa shape index (κ1) is 20.1. The zero-order chi connectivity index (χ0) is 21.8. The number of hydrogen-bond acceptors (Lipinski definition) is 4. The zero-order valence-electron chi connectivity index (χ0n) is 16.9. The number of rotatable bonds is 5. The van der Waals surface area contributed by atoms with Crippen molar-refractivity contribution in [2.45, 2.75) is 13.5 Å². The van der Waals surface area contributed by atoms with Crippen LogP contribution in [0.1, 0.15) is 16.7 Å². The average Bonchev–Trinajstić information content (AvgIpc) is 2.76. The van der Waals surface area contributed by atoms with E-state index in [0.29, 0.717) is 23.6 Å². The Balaban J connectivity index is 1.63. The first-order valence-electron chi connectivity index (χ1n) is 9.77. The summed E-state index contributed by atoms with van der Waals surface area (Å²) in [4.78, 5) is 38.7. The van der Waals surface area contributed by atoms with Gasteiger partial charge in [0, 0.05) is 5.56 Å². The number of imide groups is 2. The summed E-state index contributed by atoms with van der Waals surface area (Å²) in [5, 5.41) is 2.23. The predicted molar refractivity (Wildman–Crippen MR) is 117 cm³/mol. The van der Waals surface area contributed by atoms with Crippen LogP contribution < -0.4 is 15.0 Å². The van der Waals surface area contributed by atoms with Crippen molar-refractivity contribution < 1.29 is 19.1 Å². The normalized spacial score (nSPS) is 15.2. The summed E-state index contributed by atoms with van der Waals surface area (Å²) in [6.45, 7) is 2.35. The van der Waals surface area contributed by atoms with Crippen LogP contribution in [0.4, 0.5) is 10.5 Å². The number of hydrogen-bond donors (Lipinski definition) is 1. The van der Waals surface area contributed by atoms with Gasteiger partial charge in [-0.15, -0.1) is 0 Å². The van der Waals surface area contributed by atoms with Crippen molar-refractivity contribution >= 4 is 29.6 Å². The molecule has 1 heterocycles. The monoisotopic (exact) mass is 412 g/mol. The lowest BCUT2D eigenvalue weighted by Gasteiger charge is -2.26. The summed E-state index contributed by atoms with van der Waals surface area (Å²) in [7, 11) is 0. The maximum atomic E-state index is 13.0. The molecule has 0 spiro atoms. The largest absolute Gasteiger partial charge is 0.488 e. The third-order valence-electron chi connectivity index (χ3n) is 4.81. The van der Waals surface area contributed by atoms with E-state index in [-0.39, 0.29) is 5.57 Å². The minimum atomic E-state index is -0.776. The van der Waals surface area contributed by atoms with Crippen LogP contribution in [0.2, 0.25) is 0 Å². The molecule has 6 nitrogen and oxygen atoms in total. The number of barbiturate groups is 1. The summed E-state index contributed by atoms with van der Waals surface area (Å²) >= 11 is 0. The number of aryl methyl sites for hydroxylation is 1. The van der Waals surface area contributed by atoms with Crippen molar-refractivity contribution in [2.24, 2.45) is 0 Å². The Morgan fingerprint density at radius 2 is 1.65 bits per heavy atom. The lowest BCUT2D eigenvalue weighted by atomic mass is 10.1. The molecule has 0 saturated carbocycles. The summed E-state index contributed by atoms with van der Waals surface area (Å²) in [5.74, 6) is -0.899. The first-order chi connectivity index (χ1) is 15.0. The third-order valence-corrected chi connectivity index (χ3v) is 4.81. The fourth-order valence-corrected chi connectivity index (χ4v) is 3.32. The summed E-state index contributed by atoms with van der Waals surface area (Å²) < 4.78 is 5.95. The van der Waals surface area contributed by atoms with Gasteiger partial charge in [0.05, 0.1) is 5.69 Å². The molecule has 3 aromatic carbocycles. The van der Waals surface area contributed by atoms with Gasteiger partial charge in [-0.3, -0.25) is 14.9 Å². The Kier molecular flexibility index (Phi) is 5.62. The van der Waals surface area contributed by atoms with Gasteiger partial charge in [0.2, 0.25) is 0 Å². The summed E-state index contributed by atoms with van der Waals surface area (Å²) in [5.41, 5.74) is 2.94. The van der Waals surface area contributed by atoms with Gasteiger partial charge in [0.15, 0.2) is 0 Å². The van der Waals surface area contributed by atoms with Gasteiger partial charge in [0.25, 0.3) is 11.8 Å². The number of carbonyl (C=O) groups excluding carboxylic acids is 3. The van der Waals surface area contributed by atoms with E-state index in [1.807, 2.05) is 37.3 Å². The number of nitrogens with zero attached hydrogens (tertiary/aromatic N) is 1. The Hall–Kier alpha value is -4.19. The van der Waals surface area contributed by atoms with Crippen LogP contribution in [0.3, 0.4) is 0 Å². The number of urea groups is 1. The Morgan fingerprint density at radius 3 is 2.42 bits per heavy atom. The lowest BCUT2D eigenvalue weighted by molar-refractivity contribution is -0.122. The van der Waals surface area contributed by atoms with Crippen LogP contribution in [-0.4, -0.2) is 17.8 Å². The average molecular weight is 412 g/mol. The van der Waals surface area contributed by atoms with E-state index in [4.69, 9.17) is 4.74 Å². The van der Waals surface area contributed by atoms with Crippen LogP contribution in [0.5, 0.6) is 5.75 Å². The third kappa shape index (κ3) is 4.38. The molecule has 6 heteroatoms. The second-order valence-corrected chi connectivity index (χ2v) is 7.11. The van der Waals surface area contributed by atoms with Crippen LogP contribution in [0.25, 0.3) is 6.08 Å². The van der Waals surface area contributed by atoms with E-state index in [2.05, 4.69) is 5.32 Å². The smallest absolute Gasteiger partial charge is 0.335 e. The highest BCUT2D eigenvalue weighted by molar-refractivity contribution is 6.39. The Bertz CT molecular complexity index is 1180. The van der Waals surface area contributed by atoms with Gasteiger partial charge >= 0.3 is 6.03 Å². The molecule has 0 radical (unpaired) electrons. The number of anilines is 1. The summed E-state index contributed by atoms with van der Waals surface area (Å²) in [6.07, 6.45) is 1.45. The number of nitrogens with one attached hydrogen (secondary N) is 1. The molecule has 0 aromatic heterocycles. The van der Waals surface area contributed by atoms with E-state index in [0.717, 1.165) is 16.0 Å². The van der Waals surface area contributed by atoms with Gasteiger partial charge in [-0.25, -0.2) is 9.69 Å². The van der Waals surface area contributed by atoms with Gasteiger partial charge in [-0.2, -0.15) is 0 Å². The molecule has 4 rings (SSSR count). The topological polar surface area (TPSA) is 75.7 Å². The SMILES string of the molecule is Cc1cccc(COc2ccccc2/C=C2\C(=O)NC(=O)N(c3ccccc3)C2=O)c1. The first-order valence-corrected chi connectivity index (χ1v) is 9.77. The standard InChI is InChI=1S/C25H20N2O4/c1-17-8-7-9-18(14-17)16-31-22-13-6-5-10-19(22)15-21-23(28)26-25(30)27(24(21)29)20-11-3-2-4-12-20/h2-15H,16H2,1H3,(H,26,28,30)/b21-15+. The highest BCUT2D eigenvalue weighted by Gasteiger charge is 2.36. The van der Waals surface area contributed by atoms with Crippen LogP contribution in [0.15, 0.2) is 84.4 Å². The maximum Gasteiger partial charge on any atom is 0.335 e. The number of amides is 4. The zero-order valence-corrected chi connectivity index (χ0v) is 16.9. The van der Waals surface area contributed by atoms with E-state index in [1.165, 1.54) is 6.08 Å². The lowest BCUT2D eigenvalue weighted by Crippen LogP contribution is -2.54. The Labute approximate surface area is 179 Å². The van der Waals surface area contributed by atoms with E-state index in [1.54, 1.807) is 48.5 Å². The molecule has 1 N–H and O–H groups in total. The van der Waals surface area contributed by atoms with Gasteiger partial charge in [0.1, 0.15) is 17.9 Å². The van der Waals surface area contributed by atoms with Crippen molar-refractivity contribution in [3.63, 3.8) is 0 Å². The van der Waals surface area contributed by atoms with Crippen molar-refractivity contribution in [3.05, 3.63) is 101 Å². The molecule has 1 saturated heterocycles. The molecular weight excluding hydrogens is 392 g/mol. The summed E-state index contributed by atoms with van der Waals surface area (Å²) in [6, 6.07) is 22.8. The van der Waals surface area contributed by atoms with E-state index < -0.39 is 17.8 Å². The molecule has 3 aromatic rings. The van der Waals surface area contributed by atoms with Crippen LogP contribution in [0, 0.1) is 6.92 Å². The van der Waals surface area contributed by atoms with E-state index >= 15 is 0 Å². The van der Waals surface area contributed by atoms with Gasteiger partial charge < -0.3 is 4.74 Å². The molecule has 1 aliphatic rings. The predicted octanol–water partition coefficient (Wildman–Crippen LogP) is 4.24. The maximum absolute atomic E-state index is 13.0. The fourth-order valence-electron chi connectivity index (χ4n) is 3.32. The molecule has 154 valence electrons. The van der Waals surface area contributed by atoms with Crippen LogP contribution in [-0.2, 0) is 16.2 Å². The highest BCUT2D eigenvalue weighted by Crippen LogP contribution is 2.26. The number of ether oxygens (including phenoxy) is 1. The quantitative estimate of drug-likeness (QED) is 0.502. The Morgan fingerprint density at radius 1 is 0.903 bits per heavy atom. The second kappa shape index (κ2) is 8.67. The number of benzene rings is 3. The van der Waals surface area contributed by atoms with Crippen molar-refractivity contribution in [1.82, 2.24) is 5.32 Å². The molecular formula is C25H20N2O4. The minimum Gasteiger partial charge on any atom is -0.488 e. The van der Waals surface area contributed by atoms with Crippen molar-refractivity contribution in [3.8, 4) is 5.75 Å². The molecule has 1 fully saturated rings. The van der Waals surface area contributed by atoms with Gasteiger partial charge in [-0.1, -0.05) is 66.2 Å². The molecule has 0 bridgehead atoms. The number of para-hydroxylation sites is 2. The molecule has 0 atom stereocenters.